The molecule has 1 N–H and O–H groups in total. The number of hydrogen-bond acceptors (Lipinski definition) is 2. The summed E-state index contributed by atoms with van der Waals surface area (Å²) in [4.78, 5) is 0. The summed E-state index contributed by atoms with van der Waals surface area (Å²) >= 11 is 3.56. The fourth-order valence-electron chi connectivity index (χ4n) is 3.04. The minimum Gasteiger partial charge on any atom is -0.496 e. The zero-order valence-corrected chi connectivity index (χ0v) is 13.7. The lowest BCUT2D eigenvalue weighted by Gasteiger charge is -2.25. The van der Waals surface area contributed by atoms with E-state index in [0.29, 0.717) is 12.1 Å². The van der Waals surface area contributed by atoms with Crippen LogP contribution in [0.3, 0.4) is 0 Å². The molecule has 0 radical (unpaired) electrons. The van der Waals surface area contributed by atoms with E-state index in [0.717, 1.165) is 16.1 Å². The molecular formula is C16H24BrNO. The molecule has 2 rings (SSSR count). The molecule has 2 atom stereocenters. The van der Waals surface area contributed by atoms with E-state index in [1.807, 2.05) is 6.07 Å². The Balaban J connectivity index is 1.98. The molecule has 106 valence electrons. The molecule has 0 heterocycles. The molecule has 0 aromatic heterocycles. The van der Waals surface area contributed by atoms with Gasteiger partial charge in [-0.3, -0.25) is 0 Å². The normalized spacial score (nSPS) is 19.4. The van der Waals surface area contributed by atoms with Gasteiger partial charge in [-0.2, -0.15) is 0 Å². The van der Waals surface area contributed by atoms with Crippen LogP contribution in [0.15, 0.2) is 22.7 Å². The quantitative estimate of drug-likeness (QED) is 0.848. The molecule has 0 bridgehead atoms. The average molecular weight is 326 g/mol. The molecule has 0 saturated heterocycles. The molecule has 19 heavy (non-hydrogen) atoms. The van der Waals surface area contributed by atoms with Crippen molar-refractivity contribution in [3.63, 3.8) is 0 Å². The third kappa shape index (κ3) is 3.73. The SMILES string of the molecule is COc1ccc(C(C)NC(C)C2CCCC2)cc1Br. The maximum atomic E-state index is 5.27. The van der Waals surface area contributed by atoms with Gasteiger partial charge >= 0.3 is 0 Å². The van der Waals surface area contributed by atoms with Crippen molar-refractivity contribution in [2.75, 3.05) is 7.11 Å². The molecule has 1 aliphatic carbocycles. The predicted octanol–water partition coefficient (Wildman–Crippen LogP) is 4.69. The Morgan fingerprint density at radius 2 is 1.95 bits per heavy atom. The van der Waals surface area contributed by atoms with Crippen molar-refractivity contribution < 1.29 is 4.74 Å². The second-order valence-corrected chi connectivity index (χ2v) is 6.47. The fraction of sp³-hybridized carbons (Fsp3) is 0.625. The van der Waals surface area contributed by atoms with Crippen LogP contribution < -0.4 is 10.1 Å². The summed E-state index contributed by atoms with van der Waals surface area (Å²) < 4.78 is 6.30. The van der Waals surface area contributed by atoms with E-state index in [1.165, 1.54) is 31.2 Å². The summed E-state index contributed by atoms with van der Waals surface area (Å²) in [7, 11) is 1.70. The molecule has 0 amide bonds. The van der Waals surface area contributed by atoms with Gasteiger partial charge in [-0.25, -0.2) is 0 Å². The van der Waals surface area contributed by atoms with Crippen molar-refractivity contribution in [3.8, 4) is 5.75 Å². The van der Waals surface area contributed by atoms with E-state index in [9.17, 15) is 0 Å². The van der Waals surface area contributed by atoms with Crippen molar-refractivity contribution in [2.24, 2.45) is 5.92 Å². The van der Waals surface area contributed by atoms with E-state index in [2.05, 4.69) is 47.2 Å². The Morgan fingerprint density at radius 1 is 1.26 bits per heavy atom. The number of nitrogens with one attached hydrogen (secondary N) is 1. The Bertz CT molecular complexity index is 415. The highest BCUT2D eigenvalue weighted by atomic mass is 79.9. The minimum absolute atomic E-state index is 0.373. The Morgan fingerprint density at radius 3 is 2.53 bits per heavy atom. The molecule has 1 aromatic rings. The highest BCUT2D eigenvalue weighted by molar-refractivity contribution is 9.10. The second kappa shape index (κ2) is 6.76. The summed E-state index contributed by atoms with van der Waals surface area (Å²) in [6.07, 6.45) is 5.57. The smallest absolute Gasteiger partial charge is 0.133 e. The van der Waals surface area contributed by atoms with Crippen LogP contribution >= 0.6 is 15.9 Å². The summed E-state index contributed by atoms with van der Waals surface area (Å²) in [5.74, 6) is 1.74. The van der Waals surface area contributed by atoms with Gasteiger partial charge in [0.2, 0.25) is 0 Å². The Hall–Kier alpha value is -0.540. The lowest BCUT2D eigenvalue weighted by atomic mass is 9.98. The molecule has 1 saturated carbocycles. The van der Waals surface area contributed by atoms with Crippen molar-refractivity contribution in [1.82, 2.24) is 5.32 Å². The van der Waals surface area contributed by atoms with Crippen LogP contribution in [0.2, 0.25) is 0 Å². The molecular weight excluding hydrogens is 302 g/mol. The lowest BCUT2D eigenvalue weighted by Crippen LogP contribution is -2.34. The highest BCUT2D eigenvalue weighted by Crippen LogP contribution is 2.31. The van der Waals surface area contributed by atoms with Gasteiger partial charge < -0.3 is 10.1 Å². The first kappa shape index (κ1) is 14.9. The molecule has 2 unspecified atom stereocenters. The minimum atomic E-state index is 0.373. The first-order chi connectivity index (χ1) is 9.11. The van der Waals surface area contributed by atoms with E-state index in [-0.39, 0.29) is 0 Å². The number of rotatable bonds is 5. The molecule has 1 aliphatic rings. The van der Waals surface area contributed by atoms with Gasteiger partial charge in [0.15, 0.2) is 0 Å². The number of ether oxygens (including phenoxy) is 1. The first-order valence-electron chi connectivity index (χ1n) is 7.21. The predicted molar refractivity (Wildman–Crippen MR) is 83.7 cm³/mol. The van der Waals surface area contributed by atoms with Crippen LogP contribution in [0.1, 0.15) is 51.1 Å². The third-order valence-corrected chi connectivity index (χ3v) is 4.92. The highest BCUT2D eigenvalue weighted by Gasteiger charge is 2.22. The van der Waals surface area contributed by atoms with Gasteiger partial charge in [-0.15, -0.1) is 0 Å². The molecule has 1 aromatic carbocycles. The number of benzene rings is 1. The average Bonchev–Trinajstić information content (AvgIpc) is 2.92. The molecule has 2 nitrogen and oxygen atoms in total. The van der Waals surface area contributed by atoms with E-state index in [1.54, 1.807) is 7.11 Å². The van der Waals surface area contributed by atoms with Crippen LogP contribution in [0.25, 0.3) is 0 Å². The Kier molecular flexibility index (Phi) is 5.28. The van der Waals surface area contributed by atoms with Crippen LogP contribution in [0.4, 0.5) is 0 Å². The first-order valence-corrected chi connectivity index (χ1v) is 8.00. The molecule has 1 fully saturated rings. The van der Waals surface area contributed by atoms with Crippen LogP contribution in [-0.2, 0) is 0 Å². The fourth-order valence-corrected chi connectivity index (χ4v) is 3.59. The van der Waals surface area contributed by atoms with Gasteiger partial charge in [0, 0.05) is 12.1 Å². The number of hydrogen-bond donors (Lipinski definition) is 1. The monoisotopic (exact) mass is 325 g/mol. The topological polar surface area (TPSA) is 21.3 Å². The van der Waals surface area contributed by atoms with Crippen LogP contribution in [0.5, 0.6) is 5.75 Å². The standard InChI is InChI=1S/C16H24BrNO/c1-11(13-6-4-5-7-13)18-12(2)14-8-9-16(19-3)15(17)10-14/h8-13,18H,4-7H2,1-3H3. The summed E-state index contributed by atoms with van der Waals surface area (Å²) in [5.41, 5.74) is 1.30. The van der Waals surface area contributed by atoms with Gasteiger partial charge in [-0.05, 0) is 66.2 Å². The third-order valence-electron chi connectivity index (χ3n) is 4.30. The van der Waals surface area contributed by atoms with Crippen LogP contribution in [-0.4, -0.2) is 13.2 Å². The van der Waals surface area contributed by atoms with Crippen LogP contribution in [0, 0.1) is 5.92 Å². The molecule has 3 heteroatoms. The summed E-state index contributed by atoms with van der Waals surface area (Å²) in [6, 6.07) is 7.29. The van der Waals surface area contributed by atoms with E-state index < -0.39 is 0 Å². The van der Waals surface area contributed by atoms with E-state index in [4.69, 9.17) is 4.74 Å². The summed E-state index contributed by atoms with van der Waals surface area (Å²) in [6.45, 7) is 4.56. The van der Waals surface area contributed by atoms with Crippen molar-refractivity contribution >= 4 is 15.9 Å². The molecule has 0 spiro atoms. The second-order valence-electron chi connectivity index (χ2n) is 5.62. The van der Waals surface area contributed by atoms with Crippen molar-refractivity contribution in [2.45, 2.75) is 51.6 Å². The number of methoxy groups -OCH3 is 1. The zero-order valence-electron chi connectivity index (χ0n) is 12.1. The summed E-state index contributed by atoms with van der Waals surface area (Å²) in [5, 5.41) is 3.74. The molecule has 0 aliphatic heterocycles. The largest absolute Gasteiger partial charge is 0.496 e. The Labute approximate surface area is 125 Å². The maximum absolute atomic E-state index is 5.27. The van der Waals surface area contributed by atoms with E-state index >= 15 is 0 Å². The van der Waals surface area contributed by atoms with Gasteiger partial charge in [0.25, 0.3) is 0 Å². The zero-order chi connectivity index (χ0) is 13.8. The van der Waals surface area contributed by atoms with Crippen molar-refractivity contribution in [3.05, 3.63) is 28.2 Å². The maximum Gasteiger partial charge on any atom is 0.133 e. The lowest BCUT2D eigenvalue weighted by molar-refractivity contribution is 0.352. The van der Waals surface area contributed by atoms with Gasteiger partial charge in [0.05, 0.1) is 11.6 Å². The van der Waals surface area contributed by atoms with Crippen molar-refractivity contribution in [1.29, 1.82) is 0 Å². The van der Waals surface area contributed by atoms with Gasteiger partial charge in [0.1, 0.15) is 5.75 Å². The number of halogens is 1. The van der Waals surface area contributed by atoms with Gasteiger partial charge in [-0.1, -0.05) is 18.9 Å².